The summed E-state index contributed by atoms with van der Waals surface area (Å²) in [6.45, 7) is 2.43. The lowest BCUT2D eigenvalue weighted by Crippen LogP contribution is -2.53. The number of rotatable bonds is 4. The molecule has 1 aromatic carbocycles. The first-order valence-corrected chi connectivity index (χ1v) is 7.48. The number of benzene rings is 1. The number of nitrogens with one attached hydrogen (secondary N) is 1. The van der Waals surface area contributed by atoms with Gasteiger partial charge in [-0.1, -0.05) is 23.7 Å². The molecule has 0 bridgehead atoms. The van der Waals surface area contributed by atoms with E-state index in [9.17, 15) is 4.79 Å². The number of aromatic nitrogens is 1. The molecular formula is C16H20Cl3N3O. The van der Waals surface area contributed by atoms with Crippen LogP contribution in [0.5, 0.6) is 0 Å². The second-order valence-corrected chi connectivity index (χ2v) is 6.32. The highest BCUT2D eigenvalue weighted by atomic mass is 35.5. The summed E-state index contributed by atoms with van der Waals surface area (Å²) in [6.07, 6.45) is 2.24. The second-order valence-electron chi connectivity index (χ2n) is 5.88. The molecule has 0 saturated heterocycles. The number of halogens is 3. The average molecular weight is 377 g/mol. The number of nitrogens with two attached hydrogens (primary N) is 1. The molecule has 3 N–H and O–H groups in total. The Hall–Kier alpha value is -1.07. The fourth-order valence-corrected chi connectivity index (χ4v) is 2.75. The summed E-state index contributed by atoms with van der Waals surface area (Å²) in [6, 6.07) is 9.07. The highest BCUT2D eigenvalue weighted by Crippen LogP contribution is 2.39. The molecule has 1 atom stereocenters. The summed E-state index contributed by atoms with van der Waals surface area (Å²) in [5.74, 6) is 0.290. The van der Waals surface area contributed by atoms with E-state index in [2.05, 4.69) is 10.3 Å². The maximum Gasteiger partial charge on any atom is 0.270 e. The molecule has 126 valence electrons. The molecule has 1 aliphatic carbocycles. The fourth-order valence-electron chi connectivity index (χ4n) is 2.58. The molecular weight excluding hydrogens is 357 g/mol. The van der Waals surface area contributed by atoms with Crippen LogP contribution in [0.2, 0.25) is 5.02 Å². The van der Waals surface area contributed by atoms with Gasteiger partial charge in [-0.25, -0.2) is 4.98 Å². The zero-order chi connectivity index (χ0) is 15.0. The van der Waals surface area contributed by atoms with Gasteiger partial charge in [-0.2, -0.15) is 0 Å². The topological polar surface area (TPSA) is 68.0 Å². The van der Waals surface area contributed by atoms with E-state index in [0.717, 1.165) is 23.7 Å². The van der Waals surface area contributed by atoms with Gasteiger partial charge >= 0.3 is 0 Å². The summed E-state index contributed by atoms with van der Waals surface area (Å²) >= 11 is 5.97. The third kappa shape index (κ3) is 4.27. The fraction of sp³-hybridized carbons (Fsp3) is 0.375. The summed E-state index contributed by atoms with van der Waals surface area (Å²) in [7, 11) is 0. The van der Waals surface area contributed by atoms with E-state index < -0.39 is 0 Å². The minimum absolute atomic E-state index is 0. The van der Waals surface area contributed by atoms with Crippen molar-refractivity contribution in [1.82, 2.24) is 10.3 Å². The lowest BCUT2D eigenvalue weighted by molar-refractivity contribution is 0.0893. The van der Waals surface area contributed by atoms with Crippen LogP contribution in [0, 0.1) is 5.92 Å². The first-order valence-electron chi connectivity index (χ1n) is 7.11. The van der Waals surface area contributed by atoms with Gasteiger partial charge in [0.1, 0.15) is 5.69 Å². The van der Waals surface area contributed by atoms with E-state index in [0.29, 0.717) is 23.2 Å². The van der Waals surface area contributed by atoms with Crippen LogP contribution in [0.25, 0.3) is 10.9 Å². The van der Waals surface area contributed by atoms with Crippen LogP contribution in [-0.2, 0) is 0 Å². The van der Waals surface area contributed by atoms with Crippen molar-refractivity contribution in [3.8, 4) is 0 Å². The Kier molecular flexibility index (Phi) is 6.66. The Morgan fingerprint density at radius 2 is 2.00 bits per heavy atom. The highest BCUT2D eigenvalue weighted by Gasteiger charge is 2.41. The Bertz CT molecular complexity index is 706. The van der Waals surface area contributed by atoms with Crippen LogP contribution in [0.1, 0.15) is 30.3 Å². The molecule has 1 saturated carbocycles. The smallest absolute Gasteiger partial charge is 0.270 e. The number of nitrogens with zero attached hydrogens (tertiary/aromatic N) is 1. The molecule has 1 heterocycles. The monoisotopic (exact) mass is 375 g/mol. The molecule has 0 spiro atoms. The van der Waals surface area contributed by atoms with Gasteiger partial charge in [-0.3, -0.25) is 4.79 Å². The van der Waals surface area contributed by atoms with Crippen LogP contribution in [0.15, 0.2) is 30.3 Å². The number of pyridine rings is 1. The minimum Gasteiger partial charge on any atom is -0.344 e. The van der Waals surface area contributed by atoms with Gasteiger partial charge < -0.3 is 11.1 Å². The largest absolute Gasteiger partial charge is 0.344 e. The summed E-state index contributed by atoms with van der Waals surface area (Å²) < 4.78 is 0. The molecule has 4 nitrogen and oxygen atoms in total. The van der Waals surface area contributed by atoms with Crippen molar-refractivity contribution in [1.29, 1.82) is 0 Å². The molecule has 0 radical (unpaired) electrons. The number of fused-ring (bicyclic) bond motifs is 1. The van der Waals surface area contributed by atoms with E-state index in [1.54, 1.807) is 12.1 Å². The summed E-state index contributed by atoms with van der Waals surface area (Å²) in [4.78, 5) is 16.8. The Morgan fingerprint density at radius 3 is 2.61 bits per heavy atom. The van der Waals surface area contributed by atoms with Crippen LogP contribution >= 0.6 is 36.4 Å². The predicted octanol–water partition coefficient (Wildman–Crippen LogP) is 3.59. The first kappa shape index (κ1) is 20.0. The van der Waals surface area contributed by atoms with Crippen molar-refractivity contribution in [2.24, 2.45) is 11.7 Å². The summed E-state index contributed by atoms with van der Waals surface area (Å²) in [5, 5.41) is 4.61. The van der Waals surface area contributed by atoms with E-state index >= 15 is 0 Å². The standard InChI is InChI=1S/C16H18ClN3O.2ClH/c1-16(9-18,11-4-5-11)20-15(21)13-7-3-10-2-6-12(17)8-14(10)19-13;;/h2-3,6-8,11H,4-5,9,18H2,1H3,(H,20,21);2*1H. The number of hydrogen-bond acceptors (Lipinski definition) is 3. The maximum atomic E-state index is 12.4. The maximum absolute atomic E-state index is 12.4. The molecule has 1 amide bonds. The van der Waals surface area contributed by atoms with Crippen molar-refractivity contribution in [2.75, 3.05) is 6.54 Å². The average Bonchev–Trinajstić information content (AvgIpc) is 3.31. The van der Waals surface area contributed by atoms with Crippen molar-refractivity contribution in [3.05, 3.63) is 41.0 Å². The van der Waals surface area contributed by atoms with Crippen LogP contribution in [0.4, 0.5) is 0 Å². The molecule has 7 heteroatoms. The Labute approximate surface area is 153 Å². The van der Waals surface area contributed by atoms with E-state index in [1.807, 2.05) is 25.1 Å². The molecule has 3 rings (SSSR count). The zero-order valence-electron chi connectivity index (χ0n) is 12.7. The molecule has 1 unspecified atom stereocenters. The minimum atomic E-state index is -0.345. The Morgan fingerprint density at radius 1 is 1.35 bits per heavy atom. The first-order chi connectivity index (χ1) is 10.0. The molecule has 23 heavy (non-hydrogen) atoms. The predicted molar refractivity (Wildman–Crippen MR) is 98.9 cm³/mol. The van der Waals surface area contributed by atoms with Crippen molar-refractivity contribution in [2.45, 2.75) is 25.3 Å². The van der Waals surface area contributed by atoms with E-state index in [1.165, 1.54) is 0 Å². The van der Waals surface area contributed by atoms with Crippen molar-refractivity contribution in [3.63, 3.8) is 0 Å². The van der Waals surface area contributed by atoms with Gasteiger partial charge in [0.2, 0.25) is 0 Å². The number of hydrogen-bond donors (Lipinski definition) is 2. The van der Waals surface area contributed by atoms with Gasteiger partial charge in [0.15, 0.2) is 0 Å². The molecule has 1 fully saturated rings. The van der Waals surface area contributed by atoms with Crippen molar-refractivity contribution < 1.29 is 4.79 Å². The van der Waals surface area contributed by atoms with Crippen LogP contribution in [0.3, 0.4) is 0 Å². The molecule has 1 aliphatic rings. The van der Waals surface area contributed by atoms with Crippen molar-refractivity contribution >= 4 is 53.2 Å². The van der Waals surface area contributed by atoms with Gasteiger partial charge in [0.05, 0.1) is 11.1 Å². The van der Waals surface area contributed by atoms with E-state index in [-0.39, 0.29) is 36.3 Å². The SMILES string of the molecule is CC(CN)(NC(=O)c1ccc2ccc(Cl)cc2n1)C1CC1.Cl.Cl. The number of carbonyl (C=O) groups excluding carboxylic acids is 1. The quantitative estimate of drug-likeness (QED) is 0.857. The van der Waals surface area contributed by atoms with Gasteiger partial charge in [-0.15, -0.1) is 24.8 Å². The molecule has 0 aliphatic heterocycles. The second kappa shape index (κ2) is 7.67. The third-order valence-corrected chi connectivity index (χ3v) is 4.42. The van der Waals surface area contributed by atoms with Gasteiger partial charge in [-0.05, 0) is 43.9 Å². The Balaban J connectivity index is 0.00000132. The molecule has 2 aromatic rings. The van der Waals surface area contributed by atoms with Crippen LogP contribution in [-0.4, -0.2) is 23.0 Å². The van der Waals surface area contributed by atoms with Gasteiger partial charge in [0.25, 0.3) is 5.91 Å². The zero-order valence-corrected chi connectivity index (χ0v) is 15.1. The van der Waals surface area contributed by atoms with Crippen LogP contribution < -0.4 is 11.1 Å². The number of amides is 1. The normalized spacial score (nSPS) is 16.0. The summed E-state index contributed by atoms with van der Waals surface area (Å²) in [5.41, 5.74) is 6.60. The highest BCUT2D eigenvalue weighted by molar-refractivity contribution is 6.31. The number of carbonyl (C=O) groups is 1. The lowest BCUT2D eigenvalue weighted by Gasteiger charge is -2.29. The lowest BCUT2D eigenvalue weighted by atomic mass is 9.95. The van der Waals surface area contributed by atoms with Gasteiger partial charge in [0, 0.05) is 17.0 Å². The van der Waals surface area contributed by atoms with E-state index in [4.69, 9.17) is 17.3 Å². The third-order valence-electron chi connectivity index (χ3n) is 4.19. The molecule has 1 aromatic heterocycles.